The summed E-state index contributed by atoms with van der Waals surface area (Å²) in [5, 5.41) is 0. The number of para-hydroxylation sites is 1. The van der Waals surface area contributed by atoms with E-state index in [9.17, 15) is 9.59 Å². The molecule has 0 radical (unpaired) electrons. The van der Waals surface area contributed by atoms with Crippen molar-refractivity contribution in [3.05, 3.63) is 30.3 Å². The van der Waals surface area contributed by atoms with Gasteiger partial charge >= 0.3 is 0 Å². The van der Waals surface area contributed by atoms with Gasteiger partial charge in [0.2, 0.25) is 5.91 Å². The number of rotatable bonds is 4. The van der Waals surface area contributed by atoms with Crippen LogP contribution in [0.25, 0.3) is 0 Å². The molecule has 1 aliphatic heterocycles. The van der Waals surface area contributed by atoms with Crippen molar-refractivity contribution in [3.8, 4) is 5.75 Å². The van der Waals surface area contributed by atoms with Crippen LogP contribution in [0.3, 0.4) is 0 Å². The standard InChI is InChI=1S/C21H30N2O3/c1-21(2,26-18-11-7-4-8-12-18)20(25)23-15-13-22(14-16-23)19(24)17-9-5-3-6-10-17/h4,7-8,11-12,17H,3,5-6,9-10,13-16H2,1-2H3. The summed E-state index contributed by atoms with van der Waals surface area (Å²) in [4.78, 5) is 29.3. The van der Waals surface area contributed by atoms with Crippen LogP contribution in [0.5, 0.6) is 5.75 Å². The van der Waals surface area contributed by atoms with Crippen molar-refractivity contribution in [2.24, 2.45) is 5.92 Å². The first kappa shape index (κ1) is 18.7. The Labute approximate surface area is 156 Å². The summed E-state index contributed by atoms with van der Waals surface area (Å²) in [5.74, 6) is 1.16. The van der Waals surface area contributed by atoms with Gasteiger partial charge in [0.15, 0.2) is 5.60 Å². The molecule has 0 bridgehead atoms. The van der Waals surface area contributed by atoms with Crippen molar-refractivity contribution in [2.75, 3.05) is 26.2 Å². The Hall–Kier alpha value is -2.04. The Bertz CT molecular complexity index is 615. The summed E-state index contributed by atoms with van der Waals surface area (Å²) in [7, 11) is 0. The third-order valence-corrected chi connectivity index (χ3v) is 5.46. The van der Waals surface area contributed by atoms with Crippen LogP contribution in [0.4, 0.5) is 0 Å². The van der Waals surface area contributed by atoms with Gasteiger partial charge in [-0.25, -0.2) is 0 Å². The fourth-order valence-electron chi connectivity index (χ4n) is 3.95. The summed E-state index contributed by atoms with van der Waals surface area (Å²) in [6.07, 6.45) is 5.63. The molecule has 1 saturated heterocycles. The molecule has 0 atom stereocenters. The van der Waals surface area contributed by atoms with E-state index >= 15 is 0 Å². The van der Waals surface area contributed by atoms with Gasteiger partial charge in [-0.15, -0.1) is 0 Å². The predicted molar refractivity (Wildman–Crippen MR) is 101 cm³/mol. The van der Waals surface area contributed by atoms with E-state index in [1.165, 1.54) is 19.3 Å². The number of ether oxygens (including phenoxy) is 1. The number of carbonyl (C=O) groups excluding carboxylic acids is 2. The van der Waals surface area contributed by atoms with E-state index in [1.54, 1.807) is 0 Å². The van der Waals surface area contributed by atoms with E-state index in [2.05, 4.69) is 0 Å². The molecule has 1 saturated carbocycles. The minimum absolute atomic E-state index is 0.0221. The molecule has 1 aromatic carbocycles. The number of piperazine rings is 1. The molecule has 1 aromatic rings. The molecule has 26 heavy (non-hydrogen) atoms. The van der Waals surface area contributed by atoms with Gasteiger partial charge in [0.05, 0.1) is 0 Å². The molecule has 2 aliphatic rings. The zero-order valence-corrected chi connectivity index (χ0v) is 15.9. The number of nitrogens with zero attached hydrogens (tertiary/aromatic N) is 2. The summed E-state index contributed by atoms with van der Waals surface area (Å²) >= 11 is 0. The van der Waals surface area contributed by atoms with Gasteiger partial charge < -0.3 is 14.5 Å². The van der Waals surface area contributed by atoms with Crippen molar-refractivity contribution in [1.29, 1.82) is 0 Å². The smallest absolute Gasteiger partial charge is 0.266 e. The maximum Gasteiger partial charge on any atom is 0.266 e. The lowest BCUT2D eigenvalue weighted by Crippen LogP contribution is -2.57. The third kappa shape index (κ3) is 4.37. The summed E-state index contributed by atoms with van der Waals surface area (Å²) in [5.41, 5.74) is -0.920. The highest BCUT2D eigenvalue weighted by Crippen LogP contribution is 2.26. The zero-order valence-electron chi connectivity index (χ0n) is 15.9. The number of carbonyl (C=O) groups is 2. The van der Waals surface area contributed by atoms with Gasteiger partial charge in [-0.3, -0.25) is 9.59 Å². The van der Waals surface area contributed by atoms with E-state index in [-0.39, 0.29) is 17.7 Å². The molecule has 142 valence electrons. The molecule has 2 fully saturated rings. The van der Waals surface area contributed by atoms with Crippen molar-refractivity contribution in [2.45, 2.75) is 51.6 Å². The number of hydrogen-bond donors (Lipinski definition) is 0. The quantitative estimate of drug-likeness (QED) is 0.831. The summed E-state index contributed by atoms with van der Waals surface area (Å²) < 4.78 is 5.91. The second kappa shape index (κ2) is 8.11. The molecule has 5 nitrogen and oxygen atoms in total. The first-order valence-corrected chi connectivity index (χ1v) is 9.79. The average Bonchev–Trinajstić information content (AvgIpc) is 2.68. The lowest BCUT2D eigenvalue weighted by Gasteiger charge is -2.39. The Balaban J connectivity index is 1.53. The molecule has 5 heteroatoms. The van der Waals surface area contributed by atoms with Crippen LogP contribution in [-0.2, 0) is 9.59 Å². The van der Waals surface area contributed by atoms with Gasteiger partial charge in [-0.2, -0.15) is 0 Å². The molecule has 1 aliphatic carbocycles. The van der Waals surface area contributed by atoms with Crippen LogP contribution in [-0.4, -0.2) is 53.4 Å². The minimum Gasteiger partial charge on any atom is -0.478 e. The SMILES string of the molecule is CC(C)(Oc1ccccc1)C(=O)N1CCN(C(=O)C2CCCCC2)CC1. The Morgan fingerprint density at radius 3 is 2.12 bits per heavy atom. The van der Waals surface area contributed by atoms with Gasteiger partial charge in [0.25, 0.3) is 5.91 Å². The molecular weight excluding hydrogens is 328 g/mol. The van der Waals surface area contributed by atoms with Crippen LogP contribution in [0.1, 0.15) is 46.0 Å². The highest BCUT2D eigenvalue weighted by molar-refractivity contribution is 5.85. The highest BCUT2D eigenvalue weighted by Gasteiger charge is 2.37. The monoisotopic (exact) mass is 358 g/mol. The van der Waals surface area contributed by atoms with E-state index < -0.39 is 5.60 Å². The molecule has 3 rings (SSSR count). The van der Waals surface area contributed by atoms with Crippen LogP contribution in [0.2, 0.25) is 0 Å². The van der Waals surface area contributed by atoms with Gasteiger partial charge in [0, 0.05) is 32.1 Å². The second-order valence-electron chi connectivity index (χ2n) is 7.88. The highest BCUT2D eigenvalue weighted by atomic mass is 16.5. The number of amides is 2. The first-order valence-electron chi connectivity index (χ1n) is 9.79. The van der Waals surface area contributed by atoms with Crippen molar-refractivity contribution in [3.63, 3.8) is 0 Å². The predicted octanol–water partition coefficient (Wildman–Crippen LogP) is 3.10. The van der Waals surface area contributed by atoms with Crippen LogP contribution in [0, 0.1) is 5.92 Å². The molecule has 0 unspecified atom stereocenters. The topological polar surface area (TPSA) is 49.9 Å². The minimum atomic E-state index is -0.920. The maximum atomic E-state index is 12.9. The maximum absolute atomic E-state index is 12.9. The largest absolute Gasteiger partial charge is 0.478 e. The Kier molecular flexibility index (Phi) is 5.84. The fourth-order valence-corrected chi connectivity index (χ4v) is 3.95. The van der Waals surface area contributed by atoms with E-state index in [4.69, 9.17) is 4.74 Å². The molecular formula is C21H30N2O3. The molecule has 2 amide bonds. The summed E-state index contributed by atoms with van der Waals surface area (Å²) in [6.45, 7) is 6.03. The van der Waals surface area contributed by atoms with Gasteiger partial charge in [-0.1, -0.05) is 37.5 Å². The van der Waals surface area contributed by atoms with Crippen LogP contribution in [0.15, 0.2) is 30.3 Å². The van der Waals surface area contributed by atoms with E-state index in [0.29, 0.717) is 31.9 Å². The van der Waals surface area contributed by atoms with E-state index in [0.717, 1.165) is 12.8 Å². The number of benzene rings is 1. The van der Waals surface area contributed by atoms with Crippen molar-refractivity contribution < 1.29 is 14.3 Å². The Morgan fingerprint density at radius 1 is 0.923 bits per heavy atom. The van der Waals surface area contributed by atoms with E-state index in [1.807, 2.05) is 54.0 Å². The molecule has 0 N–H and O–H groups in total. The van der Waals surface area contributed by atoms with Gasteiger partial charge in [0.1, 0.15) is 5.75 Å². The van der Waals surface area contributed by atoms with Gasteiger partial charge in [-0.05, 0) is 38.8 Å². The zero-order chi connectivity index (χ0) is 18.6. The third-order valence-electron chi connectivity index (χ3n) is 5.46. The van der Waals surface area contributed by atoms with Crippen LogP contribution >= 0.6 is 0 Å². The average molecular weight is 358 g/mol. The lowest BCUT2D eigenvalue weighted by atomic mass is 9.88. The van der Waals surface area contributed by atoms with Crippen molar-refractivity contribution >= 4 is 11.8 Å². The Morgan fingerprint density at radius 2 is 1.50 bits per heavy atom. The summed E-state index contributed by atoms with van der Waals surface area (Å²) in [6, 6.07) is 9.42. The fraction of sp³-hybridized carbons (Fsp3) is 0.619. The van der Waals surface area contributed by atoms with Crippen molar-refractivity contribution in [1.82, 2.24) is 9.80 Å². The molecule has 0 spiro atoms. The second-order valence-corrected chi connectivity index (χ2v) is 7.88. The number of hydrogen-bond acceptors (Lipinski definition) is 3. The first-order chi connectivity index (χ1) is 12.5. The molecule has 1 heterocycles. The van der Waals surface area contributed by atoms with Crippen LogP contribution < -0.4 is 4.74 Å². The normalized spacial score (nSPS) is 19.3. The molecule has 0 aromatic heterocycles. The lowest BCUT2D eigenvalue weighted by molar-refractivity contribution is -0.150.